The monoisotopic (exact) mass is 504 g/mol. The standard InChI is InChI=1S/C26H32N8O3/c1-15-11-29-34(12-15)19-10-18(22(35)23(19)36)33-14-28-21-24(27)31-26(32-25(21)33)30-17-8-5-9-20(17)37-13-16-6-3-2-4-7-16/h2-4,6-7,11-12,14,17-20,22-23,35-36H,5,8-10,13H2,1H3,(H3,27,30,31,32)/t17?,18-,19+,20?,22+,23-/m1/s1. The summed E-state index contributed by atoms with van der Waals surface area (Å²) in [5.41, 5.74) is 9.39. The molecule has 1 aromatic carbocycles. The molecule has 11 nitrogen and oxygen atoms in total. The van der Waals surface area contributed by atoms with Gasteiger partial charge in [-0.2, -0.15) is 15.1 Å². The van der Waals surface area contributed by atoms with Gasteiger partial charge < -0.3 is 30.6 Å². The predicted molar refractivity (Wildman–Crippen MR) is 138 cm³/mol. The normalized spacial score (nSPS) is 27.8. The molecule has 2 saturated carbocycles. The van der Waals surface area contributed by atoms with Crippen molar-refractivity contribution in [1.82, 2.24) is 29.3 Å². The highest BCUT2D eigenvalue weighted by atomic mass is 16.5. The number of aryl methyl sites for hydroxylation is 1. The zero-order chi connectivity index (χ0) is 25.5. The number of fused-ring (bicyclic) bond motifs is 1. The summed E-state index contributed by atoms with van der Waals surface area (Å²) < 4.78 is 9.74. The molecule has 0 saturated heterocycles. The first-order valence-electron chi connectivity index (χ1n) is 12.8. The van der Waals surface area contributed by atoms with Gasteiger partial charge in [-0.3, -0.25) is 4.68 Å². The highest BCUT2D eigenvalue weighted by Crippen LogP contribution is 2.40. The number of nitrogens with one attached hydrogen (secondary N) is 1. The summed E-state index contributed by atoms with van der Waals surface area (Å²) in [7, 11) is 0. The Morgan fingerprint density at radius 3 is 2.70 bits per heavy atom. The number of anilines is 2. The van der Waals surface area contributed by atoms with Crippen LogP contribution in [0.4, 0.5) is 11.8 Å². The Morgan fingerprint density at radius 1 is 1.11 bits per heavy atom. The number of nitrogens with zero attached hydrogens (tertiary/aromatic N) is 6. The van der Waals surface area contributed by atoms with E-state index in [2.05, 4.69) is 32.5 Å². The average Bonchev–Trinajstić information content (AvgIpc) is 3.68. The van der Waals surface area contributed by atoms with E-state index in [1.807, 2.05) is 31.3 Å². The zero-order valence-corrected chi connectivity index (χ0v) is 20.7. The molecule has 0 bridgehead atoms. The molecule has 0 aliphatic heterocycles. The SMILES string of the molecule is Cc1cnn([C@H]2C[C@@H](n3cnc4c(N)nc(NC5CCCC5OCc5ccccc5)nc43)[C@H](O)[C@@H]2O)c1. The summed E-state index contributed by atoms with van der Waals surface area (Å²) in [5, 5.41) is 29.5. The first-order chi connectivity index (χ1) is 18.0. The maximum atomic E-state index is 10.9. The van der Waals surface area contributed by atoms with Gasteiger partial charge in [-0.05, 0) is 43.7 Å². The molecule has 4 aromatic rings. The number of benzene rings is 1. The fourth-order valence-corrected chi connectivity index (χ4v) is 5.62. The minimum atomic E-state index is -1.01. The molecule has 6 rings (SSSR count). The van der Waals surface area contributed by atoms with Crippen LogP contribution >= 0.6 is 0 Å². The minimum Gasteiger partial charge on any atom is -0.388 e. The van der Waals surface area contributed by atoms with Gasteiger partial charge in [0.1, 0.15) is 17.7 Å². The van der Waals surface area contributed by atoms with Gasteiger partial charge in [-0.1, -0.05) is 30.3 Å². The van der Waals surface area contributed by atoms with Gasteiger partial charge in [0, 0.05) is 6.20 Å². The number of aliphatic hydroxyl groups is 2. The van der Waals surface area contributed by atoms with E-state index in [4.69, 9.17) is 15.5 Å². The maximum absolute atomic E-state index is 10.9. The lowest BCUT2D eigenvalue weighted by molar-refractivity contribution is 0.00722. The Bertz CT molecular complexity index is 1370. The summed E-state index contributed by atoms with van der Waals surface area (Å²) in [6, 6.07) is 9.39. The van der Waals surface area contributed by atoms with Crippen LogP contribution in [0.5, 0.6) is 0 Å². The van der Waals surface area contributed by atoms with E-state index in [9.17, 15) is 10.2 Å². The van der Waals surface area contributed by atoms with Crippen molar-refractivity contribution in [2.75, 3.05) is 11.1 Å². The molecule has 194 valence electrons. The molecular formula is C26H32N8O3. The van der Waals surface area contributed by atoms with Crippen LogP contribution < -0.4 is 11.1 Å². The second kappa shape index (κ2) is 9.73. The Hall–Kier alpha value is -3.54. The molecule has 11 heteroatoms. The van der Waals surface area contributed by atoms with E-state index in [0.29, 0.717) is 30.1 Å². The van der Waals surface area contributed by atoms with Crippen molar-refractivity contribution in [2.45, 2.75) is 75.7 Å². The van der Waals surface area contributed by atoms with Crippen molar-refractivity contribution in [3.63, 3.8) is 0 Å². The molecule has 3 aromatic heterocycles. The molecule has 5 N–H and O–H groups in total. The van der Waals surface area contributed by atoms with Gasteiger partial charge in [-0.15, -0.1) is 0 Å². The molecule has 0 amide bonds. The summed E-state index contributed by atoms with van der Waals surface area (Å²) in [4.78, 5) is 13.6. The number of hydrogen-bond donors (Lipinski definition) is 4. The number of rotatable bonds is 7. The topological polar surface area (TPSA) is 149 Å². The Kier molecular flexibility index (Phi) is 6.27. The first kappa shape index (κ1) is 23.8. The van der Waals surface area contributed by atoms with Crippen molar-refractivity contribution in [2.24, 2.45) is 0 Å². The van der Waals surface area contributed by atoms with E-state index in [-0.39, 0.29) is 24.0 Å². The van der Waals surface area contributed by atoms with Crippen molar-refractivity contribution < 1.29 is 14.9 Å². The van der Waals surface area contributed by atoms with Crippen molar-refractivity contribution >= 4 is 22.9 Å². The summed E-state index contributed by atoms with van der Waals surface area (Å²) in [5.74, 6) is 0.664. The van der Waals surface area contributed by atoms with Crippen LogP contribution in [0.15, 0.2) is 49.1 Å². The van der Waals surface area contributed by atoms with Gasteiger partial charge in [0.15, 0.2) is 11.5 Å². The molecule has 6 atom stereocenters. The average molecular weight is 505 g/mol. The number of imidazole rings is 1. The van der Waals surface area contributed by atoms with Gasteiger partial charge in [0.2, 0.25) is 5.95 Å². The number of ether oxygens (including phenoxy) is 1. The van der Waals surface area contributed by atoms with Crippen LogP contribution in [-0.4, -0.2) is 63.9 Å². The minimum absolute atomic E-state index is 0.0377. The Labute approximate surface area is 214 Å². The molecule has 3 heterocycles. The molecule has 2 aliphatic carbocycles. The summed E-state index contributed by atoms with van der Waals surface area (Å²) in [6.07, 6.45) is 6.70. The van der Waals surface area contributed by atoms with Crippen molar-refractivity contribution in [1.29, 1.82) is 0 Å². The van der Waals surface area contributed by atoms with Crippen LogP contribution in [-0.2, 0) is 11.3 Å². The maximum Gasteiger partial charge on any atom is 0.227 e. The Balaban J connectivity index is 1.22. The third-order valence-corrected chi connectivity index (χ3v) is 7.57. The number of aromatic nitrogens is 6. The fourth-order valence-electron chi connectivity index (χ4n) is 5.62. The molecule has 2 unspecified atom stereocenters. The van der Waals surface area contributed by atoms with E-state index < -0.39 is 18.2 Å². The van der Waals surface area contributed by atoms with Crippen LogP contribution in [0, 0.1) is 6.92 Å². The lowest BCUT2D eigenvalue weighted by Crippen LogP contribution is -2.32. The van der Waals surface area contributed by atoms with Crippen LogP contribution in [0.25, 0.3) is 11.2 Å². The third-order valence-electron chi connectivity index (χ3n) is 7.57. The second-order valence-corrected chi connectivity index (χ2v) is 10.1. The third kappa shape index (κ3) is 4.54. The molecular weight excluding hydrogens is 472 g/mol. The number of aliphatic hydroxyl groups excluding tert-OH is 2. The first-order valence-corrected chi connectivity index (χ1v) is 12.8. The fraction of sp³-hybridized carbons (Fsp3) is 0.462. The quantitative estimate of drug-likeness (QED) is 0.297. The summed E-state index contributed by atoms with van der Waals surface area (Å²) >= 11 is 0. The van der Waals surface area contributed by atoms with E-state index >= 15 is 0 Å². The van der Waals surface area contributed by atoms with Gasteiger partial charge in [0.05, 0.1) is 43.4 Å². The highest BCUT2D eigenvalue weighted by molar-refractivity contribution is 5.83. The number of nitrogen functional groups attached to an aromatic ring is 1. The highest BCUT2D eigenvalue weighted by Gasteiger charge is 2.44. The van der Waals surface area contributed by atoms with Gasteiger partial charge in [-0.25, -0.2) is 4.98 Å². The number of hydrogen-bond acceptors (Lipinski definition) is 9. The van der Waals surface area contributed by atoms with Crippen LogP contribution in [0.2, 0.25) is 0 Å². The van der Waals surface area contributed by atoms with Crippen molar-refractivity contribution in [3.05, 3.63) is 60.2 Å². The lowest BCUT2D eigenvalue weighted by Gasteiger charge is -2.22. The van der Waals surface area contributed by atoms with E-state index in [1.165, 1.54) is 0 Å². The molecule has 37 heavy (non-hydrogen) atoms. The van der Waals surface area contributed by atoms with Crippen LogP contribution in [0.1, 0.15) is 48.9 Å². The largest absolute Gasteiger partial charge is 0.388 e. The molecule has 0 radical (unpaired) electrons. The van der Waals surface area contributed by atoms with E-state index in [1.54, 1.807) is 21.8 Å². The zero-order valence-electron chi connectivity index (χ0n) is 20.7. The molecule has 2 aliphatic rings. The van der Waals surface area contributed by atoms with E-state index in [0.717, 1.165) is 30.4 Å². The smallest absolute Gasteiger partial charge is 0.227 e. The Morgan fingerprint density at radius 2 is 1.92 bits per heavy atom. The second-order valence-electron chi connectivity index (χ2n) is 10.1. The number of nitrogens with two attached hydrogens (primary N) is 1. The van der Waals surface area contributed by atoms with Gasteiger partial charge in [0.25, 0.3) is 0 Å². The van der Waals surface area contributed by atoms with Crippen LogP contribution in [0.3, 0.4) is 0 Å². The van der Waals surface area contributed by atoms with Crippen molar-refractivity contribution in [3.8, 4) is 0 Å². The molecule has 0 spiro atoms. The van der Waals surface area contributed by atoms with Gasteiger partial charge >= 0.3 is 0 Å². The predicted octanol–water partition coefficient (Wildman–Crippen LogP) is 2.37. The molecule has 2 fully saturated rings. The summed E-state index contributed by atoms with van der Waals surface area (Å²) in [6.45, 7) is 2.50. The lowest BCUT2D eigenvalue weighted by atomic mass is 10.2.